The molecule has 6 heteroatoms. The third-order valence-electron chi connectivity index (χ3n) is 4.04. The number of β-amino-alcohol motifs (C(OH)–C–C–N with tert-alkyl or cyclic N) is 1. The first-order valence-corrected chi connectivity index (χ1v) is 9.13. The third kappa shape index (κ3) is 5.13. The third-order valence-corrected chi connectivity index (χ3v) is 4.98. The highest BCUT2D eigenvalue weighted by Crippen LogP contribution is 2.21. The summed E-state index contributed by atoms with van der Waals surface area (Å²) >= 11 is 1.92. The standard InChI is InChI=1S/C15H28N2O3S/c1-12(2)20-11-13(18)10-17-5-3-4-14(17)15(19)16-6-8-21-9-7-16/h12-14,18H,3-11H2,1-2H3. The minimum atomic E-state index is -0.516. The molecule has 0 aromatic carbocycles. The van der Waals surface area contributed by atoms with Crippen molar-refractivity contribution in [3.05, 3.63) is 0 Å². The Morgan fingerprint density at radius 3 is 2.71 bits per heavy atom. The summed E-state index contributed by atoms with van der Waals surface area (Å²) in [5, 5.41) is 10.1. The second kappa shape index (κ2) is 8.36. The summed E-state index contributed by atoms with van der Waals surface area (Å²) in [6.45, 7) is 7.44. The predicted molar refractivity (Wildman–Crippen MR) is 85.6 cm³/mol. The van der Waals surface area contributed by atoms with E-state index in [1.54, 1.807) is 0 Å². The average molecular weight is 316 g/mol. The highest BCUT2D eigenvalue weighted by atomic mass is 32.2. The maximum absolute atomic E-state index is 12.6. The number of carbonyl (C=O) groups is 1. The number of hydrogen-bond donors (Lipinski definition) is 1. The van der Waals surface area contributed by atoms with Crippen molar-refractivity contribution in [2.75, 3.05) is 44.3 Å². The van der Waals surface area contributed by atoms with E-state index in [0.29, 0.717) is 13.2 Å². The van der Waals surface area contributed by atoms with Crippen LogP contribution in [-0.2, 0) is 9.53 Å². The van der Waals surface area contributed by atoms with Crippen molar-refractivity contribution >= 4 is 17.7 Å². The zero-order chi connectivity index (χ0) is 15.2. The number of nitrogens with zero attached hydrogens (tertiary/aromatic N) is 2. The van der Waals surface area contributed by atoms with Gasteiger partial charge >= 0.3 is 0 Å². The molecule has 2 saturated heterocycles. The number of thioether (sulfide) groups is 1. The topological polar surface area (TPSA) is 53.0 Å². The molecule has 0 aromatic rings. The number of likely N-dealkylation sites (tertiary alicyclic amines) is 1. The molecule has 1 N–H and O–H groups in total. The lowest BCUT2D eigenvalue weighted by atomic mass is 10.2. The Balaban J connectivity index is 1.83. The minimum absolute atomic E-state index is 0.0400. The van der Waals surface area contributed by atoms with E-state index >= 15 is 0 Å². The molecule has 2 aliphatic heterocycles. The Hall–Kier alpha value is -0.300. The van der Waals surface area contributed by atoms with Gasteiger partial charge in [0.05, 0.1) is 24.9 Å². The second-order valence-electron chi connectivity index (χ2n) is 6.13. The van der Waals surface area contributed by atoms with Gasteiger partial charge in [-0.3, -0.25) is 9.69 Å². The summed E-state index contributed by atoms with van der Waals surface area (Å²) in [4.78, 5) is 16.8. The molecule has 122 valence electrons. The monoisotopic (exact) mass is 316 g/mol. The number of carbonyl (C=O) groups excluding carboxylic acids is 1. The van der Waals surface area contributed by atoms with E-state index < -0.39 is 6.10 Å². The summed E-state index contributed by atoms with van der Waals surface area (Å²) in [5.74, 6) is 2.34. The molecule has 2 unspecified atom stereocenters. The van der Waals surface area contributed by atoms with Gasteiger partial charge in [0.25, 0.3) is 0 Å². The number of hydrogen-bond acceptors (Lipinski definition) is 5. The molecule has 2 rings (SSSR count). The van der Waals surface area contributed by atoms with E-state index in [-0.39, 0.29) is 18.1 Å². The first-order chi connectivity index (χ1) is 10.1. The first kappa shape index (κ1) is 17.1. The van der Waals surface area contributed by atoms with E-state index in [1.807, 2.05) is 30.5 Å². The van der Waals surface area contributed by atoms with Gasteiger partial charge in [-0.15, -0.1) is 0 Å². The second-order valence-corrected chi connectivity index (χ2v) is 7.35. The van der Waals surface area contributed by atoms with Crippen LogP contribution in [0.3, 0.4) is 0 Å². The molecule has 0 aromatic heterocycles. The summed E-state index contributed by atoms with van der Waals surface area (Å²) in [6, 6.07) is -0.0400. The Morgan fingerprint density at radius 1 is 1.33 bits per heavy atom. The van der Waals surface area contributed by atoms with E-state index in [2.05, 4.69) is 4.90 Å². The average Bonchev–Trinajstić information content (AvgIpc) is 2.93. The molecule has 1 amide bonds. The lowest BCUT2D eigenvalue weighted by Crippen LogP contribution is -2.50. The number of rotatable bonds is 6. The van der Waals surface area contributed by atoms with Crippen LogP contribution in [0.4, 0.5) is 0 Å². The molecule has 2 fully saturated rings. The van der Waals surface area contributed by atoms with Crippen molar-refractivity contribution in [3.63, 3.8) is 0 Å². The summed E-state index contributed by atoms with van der Waals surface area (Å²) in [6.07, 6.45) is 1.57. The molecule has 0 bridgehead atoms. The fraction of sp³-hybridized carbons (Fsp3) is 0.933. The summed E-state index contributed by atoms with van der Waals surface area (Å²) in [7, 11) is 0. The fourth-order valence-electron chi connectivity index (χ4n) is 2.95. The normalized spacial score (nSPS) is 25.5. The predicted octanol–water partition coefficient (Wildman–Crippen LogP) is 0.812. The van der Waals surface area contributed by atoms with Crippen LogP contribution < -0.4 is 0 Å². The van der Waals surface area contributed by atoms with Gasteiger partial charge in [-0.1, -0.05) is 0 Å². The Kier molecular flexibility index (Phi) is 6.79. The van der Waals surface area contributed by atoms with Gasteiger partial charge in [0.2, 0.25) is 5.91 Å². The maximum Gasteiger partial charge on any atom is 0.239 e. The van der Waals surface area contributed by atoms with Gasteiger partial charge < -0.3 is 14.7 Å². The molecule has 21 heavy (non-hydrogen) atoms. The van der Waals surface area contributed by atoms with Crippen molar-refractivity contribution < 1.29 is 14.6 Å². The largest absolute Gasteiger partial charge is 0.389 e. The van der Waals surface area contributed by atoms with Crippen LogP contribution in [0.15, 0.2) is 0 Å². The van der Waals surface area contributed by atoms with Crippen LogP contribution >= 0.6 is 11.8 Å². The van der Waals surface area contributed by atoms with Crippen LogP contribution in [0, 0.1) is 0 Å². The zero-order valence-electron chi connectivity index (χ0n) is 13.2. The number of ether oxygens (including phenoxy) is 1. The smallest absolute Gasteiger partial charge is 0.239 e. The molecule has 2 atom stereocenters. The first-order valence-electron chi connectivity index (χ1n) is 7.98. The van der Waals surface area contributed by atoms with Gasteiger partial charge in [0.15, 0.2) is 0 Å². The molecule has 0 radical (unpaired) electrons. The molecule has 2 aliphatic rings. The highest BCUT2D eigenvalue weighted by molar-refractivity contribution is 7.99. The van der Waals surface area contributed by atoms with Gasteiger partial charge in [0, 0.05) is 31.1 Å². The van der Waals surface area contributed by atoms with Gasteiger partial charge in [-0.2, -0.15) is 11.8 Å². The highest BCUT2D eigenvalue weighted by Gasteiger charge is 2.34. The number of amides is 1. The molecule has 2 heterocycles. The van der Waals surface area contributed by atoms with Crippen LogP contribution in [0.5, 0.6) is 0 Å². The Labute approximate surface area is 132 Å². The van der Waals surface area contributed by atoms with Crippen LogP contribution in [0.2, 0.25) is 0 Å². The van der Waals surface area contributed by atoms with Crippen molar-refractivity contribution in [1.82, 2.24) is 9.80 Å². The SMILES string of the molecule is CC(C)OCC(O)CN1CCCC1C(=O)N1CCSCC1. The summed E-state index contributed by atoms with van der Waals surface area (Å²) in [5.41, 5.74) is 0. The van der Waals surface area contributed by atoms with Crippen molar-refractivity contribution in [2.45, 2.75) is 44.9 Å². The van der Waals surface area contributed by atoms with E-state index in [9.17, 15) is 9.90 Å². The Morgan fingerprint density at radius 2 is 2.05 bits per heavy atom. The molecule has 5 nitrogen and oxygen atoms in total. The molecule has 0 spiro atoms. The van der Waals surface area contributed by atoms with Crippen LogP contribution in [-0.4, -0.2) is 83.4 Å². The summed E-state index contributed by atoms with van der Waals surface area (Å²) < 4.78 is 5.45. The maximum atomic E-state index is 12.6. The lowest BCUT2D eigenvalue weighted by Gasteiger charge is -2.33. The van der Waals surface area contributed by atoms with Gasteiger partial charge in [-0.25, -0.2) is 0 Å². The number of aliphatic hydroxyl groups is 1. The van der Waals surface area contributed by atoms with Crippen molar-refractivity contribution in [1.29, 1.82) is 0 Å². The molecular weight excluding hydrogens is 288 g/mol. The van der Waals surface area contributed by atoms with Crippen LogP contribution in [0.1, 0.15) is 26.7 Å². The van der Waals surface area contributed by atoms with E-state index in [0.717, 1.165) is 44.0 Å². The quantitative estimate of drug-likeness (QED) is 0.786. The molecule has 0 aliphatic carbocycles. The fourth-order valence-corrected chi connectivity index (χ4v) is 3.85. The zero-order valence-corrected chi connectivity index (χ0v) is 14.0. The van der Waals surface area contributed by atoms with Gasteiger partial charge in [0.1, 0.15) is 0 Å². The molecule has 0 saturated carbocycles. The van der Waals surface area contributed by atoms with Crippen molar-refractivity contribution in [2.24, 2.45) is 0 Å². The van der Waals surface area contributed by atoms with E-state index in [1.165, 1.54) is 0 Å². The Bertz CT molecular complexity index is 335. The van der Waals surface area contributed by atoms with Gasteiger partial charge in [-0.05, 0) is 33.2 Å². The van der Waals surface area contributed by atoms with Crippen molar-refractivity contribution in [3.8, 4) is 0 Å². The van der Waals surface area contributed by atoms with Crippen LogP contribution in [0.25, 0.3) is 0 Å². The van der Waals surface area contributed by atoms with E-state index in [4.69, 9.17) is 4.74 Å². The minimum Gasteiger partial charge on any atom is -0.389 e. The lowest BCUT2D eigenvalue weighted by molar-refractivity contribution is -0.136. The molecular formula is C15H28N2O3S. The number of aliphatic hydroxyl groups excluding tert-OH is 1.